The summed E-state index contributed by atoms with van der Waals surface area (Å²) in [4.78, 5) is 31.9. The van der Waals surface area contributed by atoms with Gasteiger partial charge in [-0.15, -0.1) is 0 Å². The number of benzene rings is 13. The second-order valence-electron chi connectivity index (χ2n) is 19.5. The molecule has 6 heteroatoms. The van der Waals surface area contributed by atoms with Crippen molar-refractivity contribution in [3.05, 3.63) is 255 Å². The average molecular weight is 967 g/mol. The lowest BCUT2D eigenvalue weighted by molar-refractivity contribution is 1.00. The molecule has 0 saturated heterocycles. The Balaban J connectivity index is 0.995. The monoisotopic (exact) mass is 966 g/mol. The minimum atomic E-state index is 0.333. The Kier molecular flexibility index (Phi) is 10.1. The van der Waals surface area contributed by atoms with Crippen LogP contribution in [-0.4, -0.2) is 29.9 Å². The molecule has 76 heavy (non-hydrogen) atoms. The van der Waals surface area contributed by atoms with Crippen LogP contribution in [0.3, 0.4) is 0 Å². The Hall–Kier alpha value is -10.3. The molecule has 0 bridgehead atoms. The number of aromatic nitrogens is 6. The van der Waals surface area contributed by atoms with Gasteiger partial charge in [-0.05, 0) is 158 Å². The largest absolute Gasteiger partial charge is 0.208 e. The van der Waals surface area contributed by atoms with E-state index in [0.717, 1.165) is 87.6 Å². The van der Waals surface area contributed by atoms with Crippen LogP contribution < -0.4 is 0 Å². The molecular weight excluding hydrogens is 925 g/mol. The lowest BCUT2D eigenvalue weighted by atomic mass is 9.90. The first-order valence-corrected chi connectivity index (χ1v) is 25.6. The van der Waals surface area contributed by atoms with Crippen molar-refractivity contribution in [3.63, 3.8) is 0 Å². The number of hydrogen-bond acceptors (Lipinski definition) is 6. The molecule has 0 spiro atoms. The molecule has 0 aliphatic heterocycles. The van der Waals surface area contributed by atoms with Gasteiger partial charge in [0.05, 0.1) is 0 Å². The van der Waals surface area contributed by atoms with Gasteiger partial charge in [0.1, 0.15) is 0 Å². The Bertz CT molecular complexity index is 4620. The molecule has 15 aromatic rings. The van der Waals surface area contributed by atoms with Crippen molar-refractivity contribution in [1.29, 1.82) is 0 Å². The maximum atomic E-state index is 5.43. The molecule has 0 aliphatic rings. The van der Waals surface area contributed by atoms with Gasteiger partial charge in [-0.3, -0.25) is 0 Å². The van der Waals surface area contributed by atoms with Crippen molar-refractivity contribution >= 4 is 75.4 Å². The van der Waals surface area contributed by atoms with E-state index in [1.807, 2.05) is 0 Å². The smallest absolute Gasteiger partial charge is 0.202 e. The van der Waals surface area contributed by atoms with E-state index in [1.165, 1.54) is 32.3 Å². The number of rotatable bonds is 7. The third-order valence-corrected chi connectivity index (χ3v) is 14.8. The summed E-state index contributed by atoms with van der Waals surface area (Å²) < 4.78 is 0. The van der Waals surface area contributed by atoms with Crippen molar-refractivity contribution in [2.75, 3.05) is 0 Å². The van der Waals surface area contributed by atoms with E-state index in [-0.39, 0.29) is 0 Å². The highest BCUT2D eigenvalue weighted by Crippen LogP contribution is 2.40. The van der Waals surface area contributed by atoms with E-state index in [1.54, 1.807) is 0 Å². The summed E-state index contributed by atoms with van der Waals surface area (Å²) in [5, 5.41) is 16.1. The maximum Gasteiger partial charge on any atom is 0.202 e. The summed E-state index contributed by atoms with van der Waals surface area (Å²) in [6, 6.07) is 90.3. The van der Waals surface area contributed by atoms with Gasteiger partial charge in [0.25, 0.3) is 0 Å². The molecule has 0 atom stereocenters. The summed E-state index contributed by atoms with van der Waals surface area (Å²) in [6.07, 6.45) is 0. The standard InChI is InChI=1S/C70H42N6/c1-4-16-46-35-55(30-27-43(46)13-1)65-71-66(56-31-28-44-14-2-5-17-47(44)36-56)74-69(73-65)70-75-67(57-32-29-45-15-3-6-18-48(45)37-57)72-68(76-70)60-39-58(61-25-11-23-53-33-49-19-7-9-21-51(49)41-63(53)61)38-59(40-60)62-26-12-24-54-34-50-20-8-10-22-52(50)42-64(54)62/h1-42H. The van der Waals surface area contributed by atoms with Crippen molar-refractivity contribution in [1.82, 2.24) is 29.9 Å². The zero-order valence-electron chi connectivity index (χ0n) is 40.9. The first-order valence-electron chi connectivity index (χ1n) is 25.6. The average Bonchev–Trinajstić information content (AvgIpc) is 3.51. The highest BCUT2D eigenvalue weighted by molar-refractivity contribution is 6.08. The van der Waals surface area contributed by atoms with Crippen LogP contribution in [0.15, 0.2) is 255 Å². The van der Waals surface area contributed by atoms with Crippen LogP contribution in [0.25, 0.3) is 155 Å². The van der Waals surface area contributed by atoms with Gasteiger partial charge in [0.2, 0.25) is 11.6 Å². The fourth-order valence-electron chi connectivity index (χ4n) is 11.0. The normalized spacial score (nSPS) is 11.7. The Labute approximate surface area is 437 Å². The fourth-order valence-corrected chi connectivity index (χ4v) is 11.0. The molecule has 2 heterocycles. The van der Waals surface area contributed by atoms with Crippen molar-refractivity contribution in [3.8, 4) is 79.5 Å². The highest BCUT2D eigenvalue weighted by Gasteiger charge is 2.21. The highest BCUT2D eigenvalue weighted by atomic mass is 15.1. The summed E-state index contributed by atoms with van der Waals surface area (Å²) in [7, 11) is 0. The SMILES string of the molecule is c1ccc2cc(-c3nc(-c4cc(-c5cccc6cc7ccccc7cc56)cc(-c5cccc6cc7ccccc7cc56)c4)nc(-c4nc(-c5ccc6ccccc6c5)nc(-c5ccc6ccccc6c5)n4)n3)ccc2c1. The second-order valence-corrected chi connectivity index (χ2v) is 19.5. The summed E-state index contributed by atoms with van der Waals surface area (Å²) >= 11 is 0. The van der Waals surface area contributed by atoms with Gasteiger partial charge < -0.3 is 0 Å². The molecule has 0 unspecified atom stereocenters. The van der Waals surface area contributed by atoms with E-state index >= 15 is 0 Å². The van der Waals surface area contributed by atoms with Gasteiger partial charge >= 0.3 is 0 Å². The minimum absolute atomic E-state index is 0.333. The summed E-state index contributed by atoms with van der Waals surface area (Å²) in [5.41, 5.74) is 7.69. The maximum absolute atomic E-state index is 5.43. The molecule has 2 aromatic heterocycles. The predicted molar refractivity (Wildman–Crippen MR) is 314 cm³/mol. The van der Waals surface area contributed by atoms with Crippen LogP contribution in [0.2, 0.25) is 0 Å². The van der Waals surface area contributed by atoms with Crippen LogP contribution >= 0.6 is 0 Å². The van der Waals surface area contributed by atoms with Crippen LogP contribution in [0, 0.1) is 0 Å². The first kappa shape index (κ1) is 43.3. The zero-order chi connectivity index (χ0) is 50.1. The molecule has 0 amide bonds. The van der Waals surface area contributed by atoms with Crippen LogP contribution in [0.5, 0.6) is 0 Å². The molecule has 0 saturated carbocycles. The molecule has 6 nitrogen and oxygen atoms in total. The van der Waals surface area contributed by atoms with E-state index in [0.29, 0.717) is 34.9 Å². The number of hydrogen-bond donors (Lipinski definition) is 0. The zero-order valence-corrected chi connectivity index (χ0v) is 40.9. The van der Waals surface area contributed by atoms with Gasteiger partial charge in [0, 0.05) is 22.3 Å². The summed E-state index contributed by atoms with van der Waals surface area (Å²) in [6.45, 7) is 0. The van der Waals surface area contributed by atoms with Crippen molar-refractivity contribution < 1.29 is 0 Å². The van der Waals surface area contributed by atoms with Crippen LogP contribution in [0.1, 0.15) is 0 Å². The second kappa shape index (κ2) is 17.7. The van der Waals surface area contributed by atoms with Crippen molar-refractivity contribution in [2.45, 2.75) is 0 Å². The molecule has 0 aliphatic carbocycles. The lowest BCUT2D eigenvalue weighted by Gasteiger charge is -2.15. The van der Waals surface area contributed by atoms with E-state index < -0.39 is 0 Å². The molecule has 15 rings (SSSR count). The van der Waals surface area contributed by atoms with E-state index in [2.05, 4.69) is 255 Å². The molecule has 0 fully saturated rings. The third kappa shape index (κ3) is 7.75. The van der Waals surface area contributed by atoms with Gasteiger partial charge in [-0.2, -0.15) is 0 Å². The minimum Gasteiger partial charge on any atom is -0.208 e. The van der Waals surface area contributed by atoms with Crippen LogP contribution in [-0.2, 0) is 0 Å². The Morgan fingerprint density at radius 3 is 0.803 bits per heavy atom. The topological polar surface area (TPSA) is 77.3 Å². The quantitative estimate of drug-likeness (QED) is 0.148. The molecular formula is C70H42N6. The van der Waals surface area contributed by atoms with Gasteiger partial charge in [-0.1, -0.05) is 194 Å². The Morgan fingerprint density at radius 2 is 0.434 bits per heavy atom. The van der Waals surface area contributed by atoms with Gasteiger partial charge in [-0.25, -0.2) is 29.9 Å². The Morgan fingerprint density at radius 1 is 0.158 bits per heavy atom. The first-order chi connectivity index (χ1) is 37.6. The summed E-state index contributed by atoms with van der Waals surface area (Å²) in [5.74, 6) is 2.71. The molecule has 0 N–H and O–H groups in total. The molecule has 0 radical (unpaired) electrons. The molecule has 13 aromatic carbocycles. The fraction of sp³-hybridized carbons (Fsp3) is 0. The van der Waals surface area contributed by atoms with Crippen LogP contribution in [0.4, 0.5) is 0 Å². The predicted octanol–water partition coefficient (Wildman–Crippen LogP) is 17.8. The number of fused-ring (bicyclic) bond motifs is 7. The molecule has 352 valence electrons. The third-order valence-electron chi connectivity index (χ3n) is 14.8. The van der Waals surface area contributed by atoms with Crippen molar-refractivity contribution in [2.24, 2.45) is 0 Å². The van der Waals surface area contributed by atoms with E-state index in [4.69, 9.17) is 29.9 Å². The number of nitrogens with zero attached hydrogens (tertiary/aromatic N) is 6. The van der Waals surface area contributed by atoms with Gasteiger partial charge in [0.15, 0.2) is 23.3 Å². The van der Waals surface area contributed by atoms with E-state index in [9.17, 15) is 0 Å². The lowest BCUT2D eigenvalue weighted by Crippen LogP contribution is -2.06.